The van der Waals surface area contributed by atoms with Gasteiger partial charge in [-0.05, 0) is 26.0 Å². The molecule has 72 valence electrons. The van der Waals surface area contributed by atoms with Gasteiger partial charge in [0.15, 0.2) is 0 Å². The van der Waals surface area contributed by atoms with E-state index in [1.165, 1.54) is 0 Å². The molecule has 0 N–H and O–H groups in total. The third-order valence-corrected chi connectivity index (χ3v) is 4.20. The Bertz CT molecular complexity index is 338. The van der Waals surface area contributed by atoms with Crippen molar-refractivity contribution in [3.05, 3.63) is 28.5 Å². The molecule has 2 nitrogen and oxygen atoms in total. The molecule has 0 aliphatic heterocycles. The molecule has 1 atom stereocenters. The fourth-order valence-corrected chi connectivity index (χ4v) is 1.62. The second-order valence-electron chi connectivity index (χ2n) is 3.32. The molecule has 0 spiro atoms. The molecule has 0 saturated carbocycles. The van der Waals surface area contributed by atoms with E-state index in [2.05, 4.69) is 20.9 Å². The van der Waals surface area contributed by atoms with E-state index in [4.69, 9.17) is 0 Å². The van der Waals surface area contributed by atoms with Crippen LogP contribution in [0.3, 0.4) is 0 Å². The second kappa shape index (κ2) is 3.88. The van der Waals surface area contributed by atoms with E-state index >= 15 is 0 Å². The first-order valence-electron chi connectivity index (χ1n) is 3.90. The van der Waals surface area contributed by atoms with Crippen LogP contribution in [0, 0.1) is 0 Å². The summed E-state index contributed by atoms with van der Waals surface area (Å²) >= 11 is 3.36. The Balaban J connectivity index is 3.14. The maximum atomic E-state index is 11.4. The largest absolute Gasteiger partial charge is 0.260 e. The monoisotopic (exact) mass is 261 g/mol. The summed E-state index contributed by atoms with van der Waals surface area (Å²) < 4.78 is 12.0. The zero-order chi connectivity index (χ0) is 10.1. The molecule has 13 heavy (non-hydrogen) atoms. The molecule has 1 aromatic rings. The van der Waals surface area contributed by atoms with E-state index in [-0.39, 0.29) is 4.75 Å². The third kappa shape index (κ3) is 2.38. The third-order valence-electron chi connectivity index (χ3n) is 2.06. The summed E-state index contributed by atoms with van der Waals surface area (Å²) in [4.78, 5) is 4.21. The zero-order valence-corrected chi connectivity index (χ0v) is 10.3. The number of hydrogen-bond donors (Lipinski definition) is 0. The lowest BCUT2D eigenvalue weighted by Crippen LogP contribution is -2.24. The SMILES string of the molecule is CS(=O)C(C)(C)c1cc(Br)ccn1. The molecule has 0 saturated heterocycles. The van der Waals surface area contributed by atoms with Gasteiger partial charge in [-0.3, -0.25) is 9.19 Å². The van der Waals surface area contributed by atoms with Crippen molar-refractivity contribution in [2.24, 2.45) is 0 Å². The van der Waals surface area contributed by atoms with Crippen molar-refractivity contribution in [3.63, 3.8) is 0 Å². The molecule has 1 aromatic heterocycles. The Morgan fingerprint density at radius 3 is 2.62 bits per heavy atom. The quantitative estimate of drug-likeness (QED) is 0.819. The highest BCUT2D eigenvalue weighted by Gasteiger charge is 2.26. The summed E-state index contributed by atoms with van der Waals surface area (Å²) in [7, 11) is -0.918. The van der Waals surface area contributed by atoms with Crippen LogP contribution in [0.25, 0.3) is 0 Å². The maximum Gasteiger partial charge on any atom is 0.0819 e. The topological polar surface area (TPSA) is 30.0 Å². The second-order valence-corrected chi connectivity index (χ2v) is 6.17. The van der Waals surface area contributed by atoms with Crippen LogP contribution in [-0.4, -0.2) is 15.4 Å². The van der Waals surface area contributed by atoms with Gasteiger partial charge in [0.25, 0.3) is 0 Å². The van der Waals surface area contributed by atoms with E-state index in [1.807, 2.05) is 26.0 Å². The van der Waals surface area contributed by atoms with Gasteiger partial charge in [-0.2, -0.15) is 0 Å². The Morgan fingerprint density at radius 2 is 2.15 bits per heavy atom. The van der Waals surface area contributed by atoms with Crippen LogP contribution in [0.1, 0.15) is 19.5 Å². The maximum absolute atomic E-state index is 11.4. The molecule has 0 aliphatic rings. The van der Waals surface area contributed by atoms with Gasteiger partial charge in [0.05, 0.1) is 10.4 Å². The Labute approximate surface area is 89.4 Å². The summed E-state index contributed by atoms with van der Waals surface area (Å²) in [5, 5.41) is 0. The fraction of sp³-hybridized carbons (Fsp3) is 0.444. The summed E-state index contributed by atoms with van der Waals surface area (Å²) in [6.45, 7) is 3.86. The highest BCUT2D eigenvalue weighted by Crippen LogP contribution is 2.26. The van der Waals surface area contributed by atoms with Crippen molar-refractivity contribution in [2.45, 2.75) is 18.6 Å². The molecule has 0 fully saturated rings. The summed E-state index contributed by atoms with van der Waals surface area (Å²) in [5.41, 5.74) is 0.850. The van der Waals surface area contributed by atoms with Gasteiger partial charge in [-0.25, -0.2) is 0 Å². The fourth-order valence-electron chi connectivity index (χ4n) is 0.881. The molecule has 0 bridgehead atoms. The van der Waals surface area contributed by atoms with Crippen LogP contribution < -0.4 is 0 Å². The van der Waals surface area contributed by atoms with Crippen molar-refractivity contribution in [2.75, 3.05) is 6.26 Å². The van der Waals surface area contributed by atoms with Crippen LogP contribution in [0.2, 0.25) is 0 Å². The lowest BCUT2D eigenvalue weighted by Gasteiger charge is -2.20. The molecule has 0 radical (unpaired) electrons. The van der Waals surface area contributed by atoms with Gasteiger partial charge in [0.2, 0.25) is 0 Å². The van der Waals surface area contributed by atoms with E-state index in [0.29, 0.717) is 0 Å². The Morgan fingerprint density at radius 1 is 1.54 bits per heavy atom. The Kier molecular flexibility index (Phi) is 3.24. The number of rotatable bonds is 2. The average molecular weight is 262 g/mol. The predicted octanol–water partition coefficient (Wildman–Crippen LogP) is 2.46. The smallest absolute Gasteiger partial charge is 0.0819 e. The van der Waals surface area contributed by atoms with Crippen LogP contribution in [0.15, 0.2) is 22.8 Å². The number of nitrogens with zero attached hydrogens (tertiary/aromatic N) is 1. The predicted molar refractivity (Wildman–Crippen MR) is 59.0 cm³/mol. The minimum Gasteiger partial charge on any atom is -0.260 e. The van der Waals surface area contributed by atoms with Crippen molar-refractivity contribution in [1.29, 1.82) is 0 Å². The lowest BCUT2D eigenvalue weighted by molar-refractivity contribution is 0.639. The first kappa shape index (κ1) is 10.9. The first-order chi connectivity index (χ1) is 5.94. The van der Waals surface area contributed by atoms with Crippen LogP contribution in [-0.2, 0) is 15.5 Å². The van der Waals surface area contributed by atoms with Crippen molar-refractivity contribution < 1.29 is 4.21 Å². The number of halogens is 1. The number of pyridine rings is 1. The minimum absolute atomic E-state index is 0.385. The van der Waals surface area contributed by atoms with E-state index in [0.717, 1.165) is 10.2 Å². The van der Waals surface area contributed by atoms with E-state index < -0.39 is 10.8 Å². The highest BCUT2D eigenvalue weighted by atomic mass is 79.9. The molecular formula is C9H12BrNOS. The van der Waals surface area contributed by atoms with Crippen LogP contribution >= 0.6 is 15.9 Å². The minimum atomic E-state index is -0.918. The zero-order valence-electron chi connectivity index (χ0n) is 7.87. The lowest BCUT2D eigenvalue weighted by atomic mass is 10.1. The van der Waals surface area contributed by atoms with Gasteiger partial charge in [-0.1, -0.05) is 15.9 Å². The normalized spacial score (nSPS) is 14.2. The first-order valence-corrected chi connectivity index (χ1v) is 6.25. The molecule has 0 aliphatic carbocycles. The molecule has 0 amide bonds. The van der Waals surface area contributed by atoms with Gasteiger partial charge in [0, 0.05) is 27.7 Å². The summed E-state index contributed by atoms with van der Waals surface area (Å²) in [6.07, 6.45) is 3.41. The van der Waals surface area contributed by atoms with Gasteiger partial charge in [-0.15, -0.1) is 0 Å². The molecule has 0 aromatic carbocycles. The number of hydrogen-bond acceptors (Lipinski definition) is 2. The number of aromatic nitrogens is 1. The van der Waals surface area contributed by atoms with E-state index in [1.54, 1.807) is 12.5 Å². The molecular weight excluding hydrogens is 250 g/mol. The van der Waals surface area contributed by atoms with Gasteiger partial charge in [0.1, 0.15) is 0 Å². The van der Waals surface area contributed by atoms with Crippen molar-refractivity contribution in [3.8, 4) is 0 Å². The van der Waals surface area contributed by atoms with E-state index in [9.17, 15) is 4.21 Å². The van der Waals surface area contributed by atoms with Gasteiger partial charge >= 0.3 is 0 Å². The molecule has 1 unspecified atom stereocenters. The van der Waals surface area contributed by atoms with Crippen molar-refractivity contribution >= 4 is 26.7 Å². The summed E-state index contributed by atoms with van der Waals surface area (Å²) in [6, 6.07) is 3.76. The van der Waals surface area contributed by atoms with Crippen LogP contribution in [0.4, 0.5) is 0 Å². The standard InChI is InChI=1S/C9H12BrNOS/c1-9(2,13(3)12)8-6-7(10)4-5-11-8/h4-6H,1-3H3. The highest BCUT2D eigenvalue weighted by molar-refractivity contribution is 9.10. The van der Waals surface area contributed by atoms with Crippen molar-refractivity contribution in [1.82, 2.24) is 4.98 Å². The molecule has 1 rings (SSSR count). The Hall–Kier alpha value is -0.220. The summed E-state index contributed by atoms with van der Waals surface area (Å²) in [5.74, 6) is 0. The molecule has 1 heterocycles. The molecule has 4 heteroatoms. The van der Waals surface area contributed by atoms with Gasteiger partial charge < -0.3 is 0 Å². The average Bonchev–Trinajstić information content (AvgIpc) is 2.04. The van der Waals surface area contributed by atoms with Crippen LogP contribution in [0.5, 0.6) is 0 Å².